The Bertz CT molecular complexity index is 2520. The van der Waals surface area contributed by atoms with Crippen LogP contribution in [0, 0.1) is 0 Å². The number of fused-ring (bicyclic) bond motifs is 2. The number of hydrogen-bond acceptors (Lipinski definition) is 14. The molecule has 312 valence electrons. The van der Waals surface area contributed by atoms with E-state index in [1.54, 1.807) is 44.2 Å². The zero-order valence-corrected chi connectivity index (χ0v) is 34.8. The van der Waals surface area contributed by atoms with E-state index in [0.717, 1.165) is 18.0 Å². The first kappa shape index (κ1) is 44.1. The van der Waals surface area contributed by atoms with Gasteiger partial charge in [-0.2, -0.15) is 4.58 Å². The van der Waals surface area contributed by atoms with Crippen molar-refractivity contribution in [3.8, 4) is 0 Å². The van der Waals surface area contributed by atoms with Crippen molar-refractivity contribution in [1.29, 1.82) is 0 Å². The molecule has 0 saturated carbocycles. The van der Waals surface area contributed by atoms with E-state index >= 15 is 0 Å². The molecule has 3 heterocycles. The number of anilines is 1. The fraction of sp³-hybridized carbons (Fsp3) is 0.395. The van der Waals surface area contributed by atoms with Crippen LogP contribution < -0.4 is 9.62 Å². The summed E-state index contributed by atoms with van der Waals surface area (Å²) in [6, 6.07) is 7.93. The first-order chi connectivity index (χ1) is 26.8. The number of carbonyl (C=O) groups excluding carboxylic acids is 4. The largest absolute Gasteiger partial charge is 0.744 e. The zero-order valence-electron chi connectivity index (χ0n) is 32.4. The molecule has 2 aromatic carbocycles. The SMILES string of the molecule is CC1(C)C(/C=C/C=C/C=C2/N(CCCCCC(=O)ON3C(=O)CCC3=O)c3ccc(S(=O)(=O)[O-])cc3C2(C)C)=[N+](CC(=O)NS(C)(=O)=O)c2ccc(S(=O)(=O)[O-])cc21. The number of benzene rings is 2. The number of imide groups is 1. The number of carbonyl (C=O) groups is 4. The average Bonchev–Trinajstić information content (AvgIpc) is 3.61. The average molecular weight is 860 g/mol. The summed E-state index contributed by atoms with van der Waals surface area (Å²) in [5.41, 5.74) is 1.63. The molecule has 1 fully saturated rings. The molecule has 3 amide bonds. The molecular formula is C38H43N4O13S3-. The highest BCUT2D eigenvalue weighted by Crippen LogP contribution is 2.48. The molecule has 0 unspecified atom stereocenters. The van der Waals surface area contributed by atoms with Gasteiger partial charge in [-0.25, -0.2) is 34.8 Å². The van der Waals surface area contributed by atoms with E-state index in [1.165, 1.54) is 28.8 Å². The van der Waals surface area contributed by atoms with Gasteiger partial charge in [0.05, 0.1) is 21.5 Å². The lowest BCUT2D eigenvalue weighted by Gasteiger charge is -2.27. The maximum absolute atomic E-state index is 12.8. The Kier molecular flexibility index (Phi) is 12.4. The van der Waals surface area contributed by atoms with Crippen LogP contribution in [0.1, 0.15) is 77.3 Å². The summed E-state index contributed by atoms with van der Waals surface area (Å²) in [5, 5.41) is 0.505. The summed E-state index contributed by atoms with van der Waals surface area (Å²) >= 11 is 0. The highest BCUT2D eigenvalue weighted by atomic mass is 32.2. The molecule has 0 spiro atoms. The van der Waals surface area contributed by atoms with E-state index < -0.39 is 76.2 Å². The molecule has 1 N–H and O–H groups in total. The molecule has 0 radical (unpaired) electrons. The second kappa shape index (κ2) is 16.3. The Labute approximate surface area is 337 Å². The summed E-state index contributed by atoms with van der Waals surface area (Å²) in [7, 11) is -13.5. The third-order valence-corrected chi connectivity index (χ3v) is 12.4. The second-order valence-electron chi connectivity index (χ2n) is 15.1. The summed E-state index contributed by atoms with van der Waals surface area (Å²) in [4.78, 5) is 54.7. The second-order valence-corrected chi connectivity index (χ2v) is 19.6. The molecule has 3 aliphatic heterocycles. The van der Waals surface area contributed by atoms with Gasteiger partial charge in [-0.1, -0.05) is 38.5 Å². The molecule has 20 heteroatoms. The third-order valence-electron chi connectivity index (χ3n) is 10.1. The fourth-order valence-corrected chi connectivity index (χ4v) is 8.76. The lowest BCUT2D eigenvalue weighted by Crippen LogP contribution is -2.37. The molecule has 17 nitrogen and oxygen atoms in total. The molecular weight excluding hydrogens is 817 g/mol. The van der Waals surface area contributed by atoms with Crippen LogP contribution in [0.4, 0.5) is 11.4 Å². The highest BCUT2D eigenvalue weighted by molar-refractivity contribution is 7.89. The monoisotopic (exact) mass is 859 g/mol. The van der Waals surface area contributed by atoms with Crippen molar-refractivity contribution in [2.45, 2.75) is 86.8 Å². The van der Waals surface area contributed by atoms with Crippen molar-refractivity contribution >= 4 is 71.0 Å². The van der Waals surface area contributed by atoms with Crippen LogP contribution in [0.5, 0.6) is 0 Å². The normalized spacial score (nSPS) is 18.5. The number of amides is 3. The quantitative estimate of drug-likeness (QED) is 0.0890. The van der Waals surface area contributed by atoms with Gasteiger partial charge in [-0.05, 0) is 68.7 Å². The molecule has 58 heavy (non-hydrogen) atoms. The number of hydrogen-bond donors (Lipinski definition) is 1. The van der Waals surface area contributed by atoms with Gasteiger partial charge in [0.15, 0.2) is 5.71 Å². The van der Waals surface area contributed by atoms with Gasteiger partial charge in [0, 0.05) is 60.3 Å². The van der Waals surface area contributed by atoms with Gasteiger partial charge in [-0.3, -0.25) is 14.4 Å². The van der Waals surface area contributed by atoms with Gasteiger partial charge in [0.25, 0.3) is 17.7 Å². The first-order valence-corrected chi connectivity index (χ1v) is 22.8. The van der Waals surface area contributed by atoms with Crippen molar-refractivity contribution in [3.05, 3.63) is 83.6 Å². The predicted octanol–water partition coefficient (Wildman–Crippen LogP) is 2.91. The van der Waals surface area contributed by atoms with E-state index in [9.17, 15) is 53.5 Å². The number of unbranched alkanes of at least 4 members (excludes halogenated alkanes) is 2. The van der Waals surface area contributed by atoms with Crippen molar-refractivity contribution < 1.29 is 63.0 Å². The molecule has 0 aliphatic carbocycles. The Morgan fingerprint density at radius 1 is 0.828 bits per heavy atom. The maximum atomic E-state index is 12.8. The van der Waals surface area contributed by atoms with Gasteiger partial charge in [-0.15, -0.1) is 5.06 Å². The fourth-order valence-electron chi connectivity index (χ4n) is 7.29. The number of nitrogens with zero attached hydrogens (tertiary/aromatic N) is 3. The number of allylic oxidation sites excluding steroid dienone is 6. The number of nitrogens with one attached hydrogen (secondary N) is 1. The standard InChI is InChI=1S/C38H44N4O13S3/c1-37(2)27-22-25(57(49,50)51)15-17-29(27)40(21-11-7-10-14-36(46)55-42-34(44)19-20-35(42)45)31(37)12-8-6-9-13-32-38(3,4)28-23-26(58(52,53)54)16-18-30(28)41(32)24-33(43)39-56(5,47)48/h6,8-9,12-13,15-18,22-23H,7,10-11,14,19-21,24H2,1-5H3,(H2-,39,43,49,50,51,52,53,54)/p-1. The van der Waals surface area contributed by atoms with E-state index in [4.69, 9.17) is 4.84 Å². The van der Waals surface area contributed by atoms with E-state index in [-0.39, 0.29) is 24.2 Å². The Morgan fingerprint density at radius 3 is 2.03 bits per heavy atom. The van der Waals surface area contributed by atoms with Crippen LogP contribution in [0.2, 0.25) is 0 Å². The van der Waals surface area contributed by atoms with E-state index in [2.05, 4.69) is 0 Å². The van der Waals surface area contributed by atoms with Crippen LogP contribution in [-0.2, 0) is 65.1 Å². The van der Waals surface area contributed by atoms with Gasteiger partial charge >= 0.3 is 5.97 Å². The minimum atomic E-state index is -4.81. The smallest absolute Gasteiger partial charge is 0.333 e. The van der Waals surface area contributed by atoms with Crippen molar-refractivity contribution in [2.75, 3.05) is 24.2 Å². The Morgan fingerprint density at radius 2 is 1.43 bits per heavy atom. The molecule has 5 rings (SSSR count). The Balaban J connectivity index is 1.40. The molecule has 2 aromatic rings. The molecule has 0 aromatic heterocycles. The van der Waals surface area contributed by atoms with Gasteiger partial charge in [0.2, 0.25) is 22.3 Å². The van der Waals surface area contributed by atoms with Crippen molar-refractivity contribution in [2.24, 2.45) is 0 Å². The third kappa shape index (κ3) is 9.63. The minimum absolute atomic E-state index is 0.00953. The van der Waals surface area contributed by atoms with Crippen LogP contribution in [0.15, 0.2) is 82.3 Å². The minimum Gasteiger partial charge on any atom is -0.744 e. The molecule has 3 aliphatic rings. The van der Waals surface area contributed by atoms with Crippen LogP contribution >= 0.6 is 0 Å². The highest BCUT2D eigenvalue weighted by Gasteiger charge is 2.46. The lowest BCUT2D eigenvalue weighted by atomic mass is 9.81. The number of hydroxylamine groups is 2. The lowest BCUT2D eigenvalue weighted by molar-refractivity contribution is -0.425. The van der Waals surface area contributed by atoms with Gasteiger partial charge in [0.1, 0.15) is 20.2 Å². The molecule has 0 bridgehead atoms. The predicted molar refractivity (Wildman–Crippen MR) is 207 cm³/mol. The first-order valence-electron chi connectivity index (χ1n) is 18.1. The van der Waals surface area contributed by atoms with E-state index in [0.29, 0.717) is 59.1 Å². The van der Waals surface area contributed by atoms with Crippen LogP contribution in [0.3, 0.4) is 0 Å². The number of sulfonamides is 1. The molecule has 0 atom stereocenters. The van der Waals surface area contributed by atoms with Gasteiger partial charge < -0.3 is 18.8 Å². The van der Waals surface area contributed by atoms with Crippen molar-refractivity contribution in [1.82, 2.24) is 9.79 Å². The summed E-state index contributed by atoms with van der Waals surface area (Å²) < 4.78 is 98.5. The van der Waals surface area contributed by atoms with Crippen LogP contribution in [-0.4, -0.2) is 92.7 Å². The Hall–Kier alpha value is -5.02. The summed E-state index contributed by atoms with van der Waals surface area (Å²) in [5.74, 6) is -2.68. The summed E-state index contributed by atoms with van der Waals surface area (Å²) in [6.07, 6.45) is 10.9. The molecule has 1 saturated heterocycles. The zero-order chi connectivity index (χ0) is 43.0. The topological polar surface area (TPSA) is 248 Å². The summed E-state index contributed by atoms with van der Waals surface area (Å²) in [6.45, 7) is 7.27. The maximum Gasteiger partial charge on any atom is 0.333 e. The van der Waals surface area contributed by atoms with Crippen molar-refractivity contribution in [3.63, 3.8) is 0 Å². The van der Waals surface area contributed by atoms with Crippen LogP contribution in [0.25, 0.3) is 0 Å². The number of rotatable bonds is 15. The van der Waals surface area contributed by atoms with E-state index in [1.807, 2.05) is 29.5 Å².